The van der Waals surface area contributed by atoms with Crippen molar-refractivity contribution in [2.45, 2.75) is 37.7 Å². The number of nitrogens with zero attached hydrogens (tertiary/aromatic N) is 1. The average molecular weight is 337 g/mol. The number of nitrogens with one attached hydrogen (secondary N) is 2. The van der Waals surface area contributed by atoms with E-state index in [1.54, 1.807) is 0 Å². The average Bonchev–Trinajstić information content (AvgIpc) is 3.03. The van der Waals surface area contributed by atoms with Gasteiger partial charge in [0.05, 0.1) is 16.6 Å². The standard InChI is InChI=1S/C14H13F6N3/c15-13(16,17)7-4-9(14(18,19)20)12-10(5-7)22-11(23-12)6-8-2-1-3-21-8/h4-5,8,21H,1-3,6H2,(H,22,23). The number of imidazole rings is 1. The van der Waals surface area contributed by atoms with E-state index in [0.717, 1.165) is 19.4 Å². The van der Waals surface area contributed by atoms with Crippen molar-refractivity contribution in [2.75, 3.05) is 6.54 Å². The van der Waals surface area contributed by atoms with E-state index in [1.165, 1.54) is 0 Å². The first-order valence-electron chi connectivity index (χ1n) is 7.05. The Morgan fingerprint density at radius 2 is 1.83 bits per heavy atom. The third-order valence-corrected chi connectivity index (χ3v) is 3.87. The molecule has 1 unspecified atom stereocenters. The Bertz CT molecular complexity index is 710. The molecule has 2 heterocycles. The Balaban J connectivity index is 2.08. The number of halogens is 6. The SMILES string of the molecule is FC(F)(F)c1cc(C(F)(F)F)c2nc(CC3CCCN3)[nH]c2c1. The van der Waals surface area contributed by atoms with E-state index >= 15 is 0 Å². The number of alkyl halides is 6. The van der Waals surface area contributed by atoms with Crippen LogP contribution >= 0.6 is 0 Å². The molecule has 0 spiro atoms. The zero-order chi connectivity index (χ0) is 16.8. The molecule has 2 N–H and O–H groups in total. The number of benzene rings is 1. The zero-order valence-corrected chi connectivity index (χ0v) is 11.8. The molecule has 23 heavy (non-hydrogen) atoms. The minimum atomic E-state index is -4.91. The first kappa shape index (κ1) is 16.1. The Morgan fingerprint density at radius 3 is 2.39 bits per heavy atom. The summed E-state index contributed by atoms with van der Waals surface area (Å²) in [4.78, 5) is 6.48. The first-order chi connectivity index (χ1) is 10.6. The first-order valence-corrected chi connectivity index (χ1v) is 7.05. The van der Waals surface area contributed by atoms with Crippen LogP contribution in [0.2, 0.25) is 0 Å². The van der Waals surface area contributed by atoms with E-state index in [9.17, 15) is 26.3 Å². The largest absolute Gasteiger partial charge is 0.418 e. The van der Waals surface area contributed by atoms with Gasteiger partial charge < -0.3 is 10.3 Å². The van der Waals surface area contributed by atoms with Crippen molar-refractivity contribution < 1.29 is 26.3 Å². The number of aromatic amines is 1. The predicted molar refractivity (Wildman–Crippen MR) is 70.8 cm³/mol. The molecule has 3 nitrogen and oxygen atoms in total. The van der Waals surface area contributed by atoms with E-state index < -0.39 is 29.0 Å². The maximum atomic E-state index is 13.1. The molecule has 1 aliphatic heterocycles. The van der Waals surface area contributed by atoms with Gasteiger partial charge in [-0.05, 0) is 31.5 Å². The normalized spacial score (nSPS) is 19.7. The van der Waals surface area contributed by atoms with Crippen molar-refractivity contribution in [1.29, 1.82) is 0 Å². The second kappa shape index (κ2) is 5.40. The molecule has 0 saturated carbocycles. The number of rotatable bonds is 2. The lowest BCUT2D eigenvalue weighted by atomic mass is 10.1. The smallest absolute Gasteiger partial charge is 0.342 e. The van der Waals surface area contributed by atoms with Crippen molar-refractivity contribution in [1.82, 2.24) is 15.3 Å². The molecule has 9 heteroatoms. The molecule has 0 amide bonds. The van der Waals surface area contributed by atoms with Gasteiger partial charge >= 0.3 is 12.4 Å². The monoisotopic (exact) mass is 337 g/mol. The van der Waals surface area contributed by atoms with Crippen LogP contribution in [-0.4, -0.2) is 22.6 Å². The van der Waals surface area contributed by atoms with Crippen LogP contribution in [0.1, 0.15) is 29.8 Å². The van der Waals surface area contributed by atoms with Crippen LogP contribution in [0.5, 0.6) is 0 Å². The summed E-state index contributed by atoms with van der Waals surface area (Å²) in [6.07, 6.45) is -7.59. The third-order valence-electron chi connectivity index (χ3n) is 3.87. The molecule has 0 aliphatic carbocycles. The zero-order valence-electron chi connectivity index (χ0n) is 11.8. The van der Waals surface area contributed by atoms with Crippen LogP contribution in [0.3, 0.4) is 0 Å². The van der Waals surface area contributed by atoms with Gasteiger partial charge in [0.15, 0.2) is 0 Å². The molecule has 1 aromatic heterocycles. The third kappa shape index (κ3) is 3.29. The van der Waals surface area contributed by atoms with Gasteiger partial charge in [0.25, 0.3) is 0 Å². The van der Waals surface area contributed by atoms with Crippen LogP contribution < -0.4 is 5.32 Å². The van der Waals surface area contributed by atoms with Gasteiger partial charge in [0, 0.05) is 12.5 Å². The lowest BCUT2D eigenvalue weighted by Gasteiger charge is -2.11. The van der Waals surface area contributed by atoms with E-state index in [4.69, 9.17) is 0 Å². The van der Waals surface area contributed by atoms with E-state index in [2.05, 4.69) is 15.3 Å². The summed E-state index contributed by atoms with van der Waals surface area (Å²) in [5.74, 6) is 0.254. The summed E-state index contributed by atoms with van der Waals surface area (Å²) in [7, 11) is 0. The van der Waals surface area contributed by atoms with Crippen LogP contribution in [0.4, 0.5) is 26.3 Å². The molecule has 1 atom stereocenters. The molecular formula is C14H13F6N3. The number of aromatic nitrogens is 2. The minimum Gasteiger partial charge on any atom is -0.342 e. The highest BCUT2D eigenvalue weighted by atomic mass is 19.4. The molecule has 1 saturated heterocycles. The summed E-state index contributed by atoms with van der Waals surface area (Å²) in [5.41, 5.74) is -3.44. The van der Waals surface area contributed by atoms with Crippen LogP contribution in [-0.2, 0) is 18.8 Å². The minimum absolute atomic E-state index is 0.0759. The van der Waals surface area contributed by atoms with Gasteiger partial charge in [0.1, 0.15) is 11.3 Å². The number of H-pyrrole nitrogens is 1. The molecule has 126 valence electrons. The van der Waals surface area contributed by atoms with Gasteiger partial charge in [-0.15, -0.1) is 0 Å². The molecule has 1 aliphatic rings. The number of fused-ring (bicyclic) bond motifs is 1. The summed E-state index contributed by atoms with van der Waals surface area (Å²) in [6, 6.07) is 0.858. The molecule has 0 bridgehead atoms. The Kier molecular flexibility index (Phi) is 3.78. The molecular weight excluding hydrogens is 324 g/mol. The second-order valence-corrected chi connectivity index (χ2v) is 5.60. The predicted octanol–water partition coefficient (Wildman–Crippen LogP) is 3.90. The summed E-state index contributed by atoms with van der Waals surface area (Å²) < 4.78 is 77.6. The molecule has 0 radical (unpaired) electrons. The van der Waals surface area contributed by atoms with Gasteiger partial charge in [-0.2, -0.15) is 26.3 Å². The van der Waals surface area contributed by atoms with Crippen LogP contribution in [0.15, 0.2) is 12.1 Å². The fourth-order valence-electron chi connectivity index (χ4n) is 2.81. The molecule has 1 fully saturated rings. The fourth-order valence-corrected chi connectivity index (χ4v) is 2.81. The maximum Gasteiger partial charge on any atom is 0.418 e. The quantitative estimate of drug-likeness (QED) is 0.816. The summed E-state index contributed by atoms with van der Waals surface area (Å²) in [5, 5.41) is 3.17. The van der Waals surface area contributed by atoms with Gasteiger partial charge in [-0.1, -0.05) is 0 Å². The second-order valence-electron chi connectivity index (χ2n) is 5.60. The fraction of sp³-hybridized carbons (Fsp3) is 0.500. The maximum absolute atomic E-state index is 13.1. The van der Waals surface area contributed by atoms with Crippen molar-refractivity contribution >= 4 is 11.0 Å². The van der Waals surface area contributed by atoms with E-state index in [-0.39, 0.29) is 23.4 Å². The highest BCUT2D eigenvalue weighted by Crippen LogP contribution is 2.39. The van der Waals surface area contributed by atoms with E-state index in [0.29, 0.717) is 12.5 Å². The lowest BCUT2D eigenvalue weighted by molar-refractivity contribution is -0.142. The van der Waals surface area contributed by atoms with Crippen molar-refractivity contribution in [3.63, 3.8) is 0 Å². The van der Waals surface area contributed by atoms with Crippen LogP contribution in [0.25, 0.3) is 11.0 Å². The molecule has 3 rings (SSSR count). The Morgan fingerprint density at radius 1 is 1.09 bits per heavy atom. The highest BCUT2D eigenvalue weighted by molar-refractivity contribution is 5.80. The van der Waals surface area contributed by atoms with Crippen LogP contribution in [0, 0.1) is 0 Å². The Labute approximate surface area is 127 Å². The number of hydrogen-bond donors (Lipinski definition) is 2. The van der Waals surface area contributed by atoms with Crippen molar-refractivity contribution in [2.24, 2.45) is 0 Å². The molecule has 1 aromatic carbocycles. The van der Waals surface area contributed by atoms with E-state index in [1.807, 2.05) is 0 Å². The topological polar surface area (TPSA) is 40.7 Å². The van der Waals surface area contributed by atoms with Gasteiger partial charge in [0.2, 0.25) is 0 Å². The summed E-state index contributed by atoms with van der Waals surface area (Å²) >= 11 is 0. The molecule has 2 aromatic rings. The van der Waals surface area contributed by atoms with Gasteiger partial charge in [-0.3, -0.25) is 0 Å². The number of hydrogen-bond acceptors (Lipinski definition) is 2. The summed E-state index contributed by atoms with van der Waals surface area (Å²) in [6.45, 7) is 0.816. The highest BCUT2D eigenvalue weighted by Gasteiger charge is 2.39. The lowest BCUT2D eigenvalue weighted by Crippen LogP contribution is -2.24. The van der Waals surface area contributed by atoms with Crippen molar-refractivity contribution in [3.05, 3.63) is 29.1 Å². The van der Waals surface area contributed by atoms with Crippen molar-refractivity contribution in [3.8, 4) is 0 Å². The Hall–Kier alpha value is -1.77. The van der Waals surface area contributed by atoms with Gasteiger partial charge in [-0.25, -0.2) is 4.98 Å².